The fraction of sp³-hybridized carbons (Fsp3) is 0.235. The summed E-state index contributed by atoms with van der Waals surface area (Å²) < 4.78 is 1.93. The number of benzene rings is 1. The van der Waals surface area contributed by atoms with E-state index in [2.05, 4.69) is 15.5 Å². The minimum Gasteiger partial charge on any atom is -0.355 e. The highest BCUT2D eigenvalue weighted by Crippen LogP contribution is 2.24. The number of aromatic nitrogens is 3. The van der Waals surface area contributed by atoms with Crippen LogP contribution in [0.4, 0.5) is 0 Å². The first-order valence-electron chi connectivity index (χ1n) is 7.62. The maximum absolute atomic E-state index is 12.2. The van der Waals surface area contributed by atoms with Crippen LogP contribution in [-0.2, 0) is 11.2 Å². The number of amides is 1. The highest BCUT2D eigenvalue weighted by molar-refractivity contribution is 8.00. The Morgan fingerprint density at radius 2 is 2.04 bits per heavy atom. The minimum absolute atomic E-state index is 0.00349. The van der Waals surface area contributed by atoms with Gasteiger partial charge in [0.05, 0.1) is 5.25 Å². The molecule has 0 spiro atoms. The lowest BCUT2D eigenvalue weighted by Gasteiger charge is -2.11. The van der Waals surface area contributed by atoms with Gasteiger partial charge in [-0.2, -0.15) is 0 Å². The Morgan fingerprint density at radius 3 is 2.83 bits per heavy atom. The third-order valence-corrected chi connectivity index (χ3v) is 4.89. The van der Waals surface area contributed by atoms with E-state index < -0.39 is 0 Å². The quantitative estimate of drug-likeness (QED) is 0.686. The number of hydrogen-bond donors (Lipinski definition) is 1. The van der Waals surface area contributed by atoms with E-state index in [1.165, 1.54) is 11.8 Å². The summed E-state index contributed by atoms with van der Waals surface area (Å²) in [6.45, 7) is 2.42. The second-order valence-electron chi connectivity index (χ2n) is 5.30. The number of hydrogen-bond acceptors (Lipinski definition) is 4. The van der Waals surface area contributed by atoms with Gasteiger partial charge in [-0.1, -0.05) is 17.7 Å². The second kappa shape index (κ2) is 7.68. The highest BCUT2D eigenvalue weighted by Gasteiger charge is 2.14. The number of nitrogens with one attached hydrogen (secondary N) is 1. The van der Waals surface area contributed by atoms with Crippen LogP contribution in [0.15, 0.2) is 53.6 Å². The van der Waals surface area contributed by atoms with E-state index in [0.29, 0.717) is 18.0 Å². The van der Waals surface area contributed by atoms with Crippen LogP contribution >= 0.6 is 23.4 Å². The van der Waals surface area contributed by atoms with Crippen LogP contribution < -0.4 is 5.32 Å². The van der Waals surface area contributed by atoms with Crippen molar-refractivity contribution in [2.45, 2.75) is 23.5 Å². The van der Waals surface area contributed by atoms with E-state index >= 15 is 0 Å². The van der Waals surface area contributed by atoms with Gasteiger partial charge < -0.3 is 5.32 Å². The molecular formula is C17H17ClN4OS. The molecule has 0 fully saturated rings. The number of carbonyl (C=O) groups excluding carboxylic acids is 1. The van der Waals surface area contributed by atoms with Gasteiger partial charge in [0.25, 0.3) is 0 Å². The van der Waals surface area contributed by atoms with Crippen molar-refractivity contribution < 1.29 is 4.79 Å². The Kier molecular flexibility index (Phi) is 5.37. The van der Waals surface area contributed by atoms with Crippen LogP contribution in [-0.4, -0.2) is 32.3 Å². The molecular weight excluding hydrogens is 344 g/mol. The molecule has 0 aliphatic rings. The number of carbonyl (C=O) groups is 1. The van der Waals surface area contributed by atoms with E-state index in [0.717, 1.165) is 16.4 Å². The molecule has 0 saturated heterocycles. The summed E-state index contributed by atoms with van der Waals surface area (Å²) in [5, 5.41) is 11.7. The summed E-state index contributed by atoms with van der Waals surface area (Å²) in [6, 6.07) is 13.2. The molecule has 1 unspecified atom stereocenters. The number of halogens is 1. The molecule has 2 aromatic heterocycles. The van der Waals surface area contributed by atoms with Crippen molar-refractivity contribution in [2.75, 3.05) is 6.54 Å². The average Bonchev–Trinajstić information content (AvgIpc) is 3.00. The molecule has 1 aromatic carbocycles. The smallest absolute Gasteiger partial charge is 0.233 e. The monoisotopic (exact) mass is 360 g/mol. The van der Waals surface area contributed by atoms with Crippen molar-refractivity contribution in [3.05, 3.63) is 59.5 Å². The molecule has 0 radical (unpaired) electrons. The molecule has 0 bridgehead atoms. The van der Waals surface area contributed by atoms with E-state index in [1.807, 2.05) is 60.0 Å². The van der Waals surface area contributed by atoms with Gasteiger partial charge in [-0.15, -0.1) is 22.0 Å². The van der Waals surface area contributed by atoms with Crippen LogP contribution in [0.3, 0.4) is 0 Å². The number of rotatable bonds is 6. The summed E-state index contributed by atoms with van der Waals surface area (Å²) in [5.41, 5.74) is 0.811. The molecule has 2 heterocycles. The Labute approximate surface area is 149 Å². The lowest BCUT2D eigenvalue weighted by molar-refractivity contribution is -0.120. The van der Waals surface area contributed by atoms with Crippen molar-refractivity contribution >= 4 is 34.9 Å². The van der Waals surface area contributed by atoms with Crippen LogP contribution in [0.25, 0.3) is 5.65 Å². The fourth-order valence-corrected chi connectivity index (χ4v) is 3.29. The predicted molar refractivity (Wildman–Crippen MR) is 96.5 cm³/mol. The molecule has 0 saturated carbocycles. The molecule has 1 N–H and O–H groups in total. The summed E-state index contributed by atoms with van der Waals surface area (Å²) in [5.74, 6) is 0.840. The van der Waals surface area contributed by atoms with Crippen molar-refractivity contribution in [3.63, 3.8) is 0 Å². The topological polar surface area (TPSA) is 59.3 Å². The van der Waals surface area contributed by atoms with Crippen molar-refractivity contribution in [2.24, 2.45) is 0 Å². The zero-order chi connectivity index (χ0) is 16.9. The van der Waals surface area contributed by atoms with E-state index in [1.54, 1.807) is 0 Å². The van der Waals surface area contributed by atoms with Gasteiger partial charge in [0.2, 0.25) is 5.91 Å². The van der Waals surface area contributed by atoms with Crippen LogP contribution in [0.1, 0.15) is 12.7 Å². The predicted octanol–water partition coefficient (Wildman–Crippen LogP) is 3.22. The minimum atomic E-state index is -0.179. The Morgan fingerprint density at radius 1 is 1.25 bits per heavy atom. The Bertz CT molecular complexity index is 834. The summed E-state index contributed by atoms with van der Waals surface area (Å²) in [7, 11) is 0. The molecule has 3 aromatic rings. The number of pyridine rings is 1. The van der Waals surface area contributed by atoms with E-state index in [9.17, 15) is 4.79 Å². The van der Waals surface area contributed by atoms with Gasteiger partial charge in [-0.05, 0) is 43.3 Å². The first kappa shape index (κ1) is 16.8. The van der Waals surface area contributed by atoms with Crippen molar-refractivity contribution in [1.82, 2.24) is 19.9 Å². The third kappa shape index (κ3) is 4.07. The van der Waals surface area contributed by atoms with Gasteiger partial charge in [-0.3, -0.25) is 9.20 Å². The molecule has 3 rings (SSSR count). The first-order valence-corrected chi connectivity index (χ1v) is 8.88. The van der Waals surface area contributed by atoms with Gasteiger partial charge >= 0.3 is 0 Å². The average molecular weight is 361 g/mol. The molecule has 24 heavy (non-hydrogen) atoms. The van der Waals surface area contributed by atoms with Crippen molar-refractivity contribution in [3.8, 4) is 0 Å². The second-order valence-corrected chi connectivity index (χ2v) is 7.15. The largest absolute Gasteiger partial charge is 0.355 e. The molecule has 1 atom stereocenters. The number of fused-ring (bicyclic) bond motifs is 1. The van der Waals surface area contributed by atoms with E-state index in [4.69, 9.17) is 11.6 Å². The normalized spacial score (nSPS) is 12.2. The van der Waals surface area contributed by atoms with Gasteiger partial charge in [0.15, 0.2) is 5.65 Å². The SMILES string of the molecule is CC(Sc1ccc(Cl)cc1)C(=O)NCCc1nnc2ccccn12. The Hall–Kier alpha value is -2.05. The third-order valence-electron chi connectivity index (χ3n) is 3.53. The van der Waals surface area contributed by atoms with Crippen molar-refractivity contribution in [1.29, 1.82) is 0 Å². The lowest BCUT2D eigenvalue weighted by atomic mass is 10.3. The summed E-state index contributed by atoms with van der Waals surface area (Å²) >= 11 is 7.38. The summed E-state index contributed by atoms with van der Waals surface area (Å²) in [4.78, 5) is 13.2. The zero-order valence-corrected chi connectivity index (χ0v) is 14.7. The number of nitrogens with zero attached hydrogens (tertiary/aromatic N) is 3. The van der Waals surface area contributed by atoms with E-state index in [-0.39, 0.29) is 11.2 Å². The molecule has 7 heteroatoms. The van der Waals surface area contributed by atoms with Gasteiger partial charge in [0, 0.05) is 29.1 Å². The maximum atomic E-state index is 12.2. The van der Waals surface area contributed by atoms with Gasteiger partial charge in [0.1, 0.15) is 5.82 Å². The fourth-order valence-electron chi connectivity index (χ4n) is 2.27. The maximum Gasteiger partial charge on any atom is 0.233 e. The molecule has 5 nitrogen and oxygen atoms in total. The van der Waals surface area contributed by atoms with Gasteiger partial charge in [-0.25, -0.2) is 0 Å². The number of thioether (sulfide) groups is 1. The van der Waals surface area contributed by atoms with Crippen LogP contribution in [0.5, 0.6) is 0 Å². The molecule has 0 aliphatic carbocycles. The van der Waals surface area contributed by atoms with Crippen LogP contribution in [0.2, 0.25) is 5.02 Å². The Balaban J connectivity index is 1.50. The van der Waals surface area contributed by atoms with Crippen LogP contribution in [0, 0.1) is 0 Å². The lowest BCUT2D eigenvalue weighted by Crippen LogP contribution is -2.32. The summed E-state index contributed by atoms with van der Waals surface area (Å²) in [6.07, 6.45) is 2.56. The first-order chi connectivity index (χ1) is 11.6. The standard InChI is InChI=1S/C17H17ClN4OS/c1-12(24-14-7-5-13(18)6-8-14)17(23)19-10-9-16-21-20-15-4-2-3-11-22(15)16/h2-8,11-12H,9-10H2,1H3,(H,19,23). The highest BCUT2D eigenvalue weighted by atomic mass is 35.5. The molecule has 124 valence electrons. The molecule has 0 aliphatic heterocycles. The molecule has 1 amide bonds. The zero-order valence-electron chi connectivity index (χ0n) is 13.1.